The van der Waals surface area contributed by atoms with Gasteiger partial charge in [0, 0.05) is 12.1 Å². The maximum atomic E-state index is 12.9. The van der Waals surface area contributed by atoms with Crippen molar-refractivity contribution in [2.45, 2.75) is 49.6 Å². The maximum absolute atomic E-state index is 12.9. The van der Waals surface area contributed by atoms with Gasteiger partial charge in [-0.15, -0.1) is 0 Å². The molecule has 0 unspecified atom stereocenters. The highest BCUT2D eigenvalue weighted by atomic mass is 32.2. The van der Waals surface area contributed by atoms with E-state index in [1.165, 1.54) is 19.2 Å². The minimum absolute atomic E-state index is 0.0487. The van der Waals surface area contributed by atoms with Crippen LogP contribution in [0.15, 0.2) is 53.4 Å². The Labute approximate surface area is 204 Å². The second-order valence-electron chi connectivity index (χ2n) is 8.19. The van der Waals surface area contributed by atoms with Crippen molar-refractivity contribution in [3.63, 3.8) is 0 Å². The van der Waals surface area contributed by atoms with Crippen molar-refractivity contribution in [3.8, 4) is 5.75 Å². The van der Waals surface area contributed by atoms with E-state index >= 15 is 0 Å². The third-order valence-corrected chi connectivity index (χ3v) is 6.98. The van der Waals surface area contributed by atoms with Gasteiger partial charge in [-0.25, -0.2) is 18.0 Å². The fourth-order valence-corrected chi connectivity index (χ4v) is 4.72. The van der Waals surface area contributed by atoms with Gasteiger partial charge in [-0.2, -0.15) is 4.72 Å². The molecule has 0 bridgehead atoms. The van der Waals surface area contributed by atoms with Crippen LogP contribution in [-0.2, 0) is 29.1 Å². The highest BCUT2D eigenvalue weighted by Gasteiger charge is 2.32. The lowest BCUT2D eigenvalue weighted by Gasteiger charge is -2.18. The van der Waals surface area contributed by atoms with Crippen LogP contribution in [0.3, 0.4) is 0 Å². The van der Waals surface area contributed by atoms with Crippen LogP contribution in [0.1, 0.15) is 31.2 Å². The SMILES string of the molecule is COc1ccc(NC(=O)CC[C@H](NS(=O)(=O)c2ccc(C)cc2)C(=O)OC(=O)[C@@H]2CCCN2)cc1. The number of esters is 2. The van der Waals surface area contributed by atoms with Gasteiger partial charge >= 0.3 is 11.9 Å². The first-order valence-corrected chi connectivity index (χ1v) is 12.7. The third kappa shape index (κ3) is 7.61. The van der Waals surface area contributed by atoms with Crippen LogP contribution in [0.2, 0.25) is 0 Å². The molecule has 0 saturated carbocycles. The van der Waals surface area contributed by atoms with Crippen LogP contribution in [-0.4, -0.2) is 52.0 Å². The van der Waals surface area contributed by atoms with Crippen LogP contribution in [0, 0.1) is 6.92 Å². The normalized spacial score (nSPS) is 16.3. The average Bonchev–Trinajstić information content (AvgIpc) is 3.38. The lowest BCUT2D eigenvalue weighted by molar-refractivity contribution is -0.162. The zero-order chi connectivity index (χ0) is 25.4. The number of benzene rings is 2. The summed E-state index contributed by atoms with van der Waals surface area (Å²) in [6.07, 6.45) is 0.883. The Kier molecular flexibility index (Phi) is 8.96. The van der Waals surface area contributed by atoms with Gasteiger partial charge in [0.25, 0.3) is 0 Å². The Bertz CT molecular complexity index is 1140. The molecule has 1 aliphatic heterocycles. The van der Waals surface area contributed by atoms with Crippen LogP contribution in [0.4, 0.5) is 5.69 Å². The minimum atomic E-state index is -4.11. The summed E-state index contributed by atoms with van der Waals surface area (Å²) in [7, 11) is -2.59. The molecule has 0 radical (unpaired) electrons. The quantitative estimate of drug-likeness (QED) is 0.330. The first-order valence-electron chi connectivity index (χ1n) is 11.2. The predicted molar refractivity (Wildman–Crippen MR) is 128 cm³/mol. The molecule has 1 amide bonds. The molecule has 3 N–H and O–H groups in total. The van der Waals surface area contributed by atoms with Crippen molar-refractivity contribution in [1.29, 1.82) is 0 Å². The fraction of sp³-hybridized carbons (Fsp3) is 0.375. The van der Waals surface area contributed by atoms with E-state index in [9.17, 15) is 22.8 Å². The second kappa shape index (κ2) is 11.9. The van der Waals surface area contributed by atoms with Crippen LogP contribution >= 0.6 is 0 Å². The van der Waals surface area contributed by atoms with Crippen LogP contribution in [0.25, 0.3) is 0 Å². The van der Waals surface area contributed by atoms with Gasteiger partial charge in [-0.1, -0.05) is 17.7 Å². The number of aryl methyl sites for hydroxylation is 1. The average molecular weight is 504 g/mol. The molecule has 2 atom stereocenters. The van der Waals surface area contributed by atoms with E-state index in [0.717, 1.165) is 12.0 Å². The van der Waals surface area contributed by atoms with Gasteiger partial charge in [-0.3, -0.25) is 4.79 Å². The summed E-state index contributed by atoms with van der Waals surface area (Å²) in [5.41, 5.74) is 1.38. The molecular formula is C24H29N3O7S. The maximum Gasteiger partial charge on any atom is 0.331 e. The molecule has 35 heavy (non-hydrogen) atoms. The molecule has 188 valence electrons. The van der Waals surface area contributed by atoms with Crippen LogP contribution < -0.4 is 20.1 Å². The molecule has 1 aliphatic rings. The van der Waals surface area contributed by atoms with Gasteiger partial charge in [0.1, 0.15) is 17.8 Å². The van der Waals surface area contributed by atoms with Gasteiger partial charge in [-0.05, 0) is 69.1 Å². The van der Waals surface area contributed by atoms with Crippen LogP contribution in [0.5, 0.6) is 5.75 Å². The number of sulfonamides is 1. The van der Waals surface area contributed by atoms with Crippen molar-refractivity contribution in [2.24, 2.45) is 0 Å². The van der Waals surface area contributed by atoms with E-state index in [1.54, 1.807) is 36.4 Å². The molecule has 10 nitrogen and oxygen atoms in total. The first kappa shape index (κ1) is 26.3. The summed E-state index contributed by atoms with van der Waals surface area (Å²) in [4.78, 5) is 37.5. The molecule has 1 heterocycles. The number of anilines is 1. The molecular weight excluding hydrogens is 474 g/mol. The zero-order valence-corrected chi connectivity index (χ0v) is 20.4. The Morgan fingerprint density at radius 3 is 2.37 bits per heavy atom. The van der Waals surface area contributed by atoms with E-state index in [-0.39, 0.29) is 17.7 Å². The number of hydrogen-bond acceptors (Lipinski definition) is 8. The fourth-order valence-electron chi connectivity index (χ4n) is 3.50. The molecule has 2 aromatic carbocycles. The standard InChI is InChI=1S/C24H29N3O7S/c1-16-5-11-19(12-6-16)35(31,32)27-21(24(30)34-23(29)20-4-3-15-25-20)13-14-22(28)26-17-7-9-18(33-2)10-8-17/h5-12,20-21,25,27H,3-4,13-15H2,1-2H3,(H,26,28)/t20-,21-/m0/s1. The molecule has 0 spiro atoms. The highest BCUT2D eigenvalue weighted by Crippen LogP contribution is 2.17. The Morgan fingerprint density at radius 2 is 1.77 bits per heavy atom. The summed E-state index contributed by atoms with van der Waals surface area (Å²) < 4.78 is 38.1. The largest absolute Gasteiger partial charge is 0.497 e. The molecule has 1 fully saturated rings. The minimum Gasteiger partial charge on any atom is -0.497 e. The summed E-state index contributed by atoms with van der Waals surface area (Å²) in [6, 6.07) is 10.7. The van der Waals surface area contributed by atoms with Crippen molar-refractivity contribution in [3.05, 3.63) is 54.1 Å². The van der Waals surface area contributed by atoms with E-state index in [0.29, 0.717) is 24.4 Å². The van der Waals surface area contributed by atoms with Gasteiger partial charge < -0.3 is 20.1 Å². The van der Waals surface area contributed by atoms with E-state index < -0.39 is 40.0 Å². The summed E-state index contributed by atoms with van der Waals surface area (Å²) in [5.74, 6) is -1.64. The summed E-state index contributed by atoms with van der Waals surface area (Å²) in [5, 5.41) is 5.60. The highest BCUT2D eigenvalue weighted by molar-refractivity contribution is 7.89. The number of carbonyl (C=O) groups is 3. The predicted octanol–water partition coefficient (Wildman–Crippen LogP) is 1.89. The number of ether oxygens (including phenoxy) is 2. The molecule has 0 aromatic heterocycles. The number of carbonyl (C=O) groups excluding carboxylic acids is 3. The molecule has 11 heteroatoms. The van der Waals surface area contributed by atoms with Crippen molar-refractivity contribution < 1.29 is 32.3 Å². The number of hydrogen-bond donors (Lipinski definition) is 3. The van der Waals surface area contributed by atoms with Gasteiger partial charge in [0.05, 0.1) is 12.0 Å². The lowest BCUT2D eigenvalue weighted by Crippen LogP contribution is -2.45. The molecule has 1 saturated heterocycles. The number of methoxy groups -OCH3 is 1. The Morgan fingerprint density at radius 1 is 1.09 bits per heavy atom. The second-order valence-corrected chi connectivity index (χ2v) is 9.91. The Hall–Kier alpha value is -3.28. The molecule has 0 aliphatic carbocycles. The van der Waals surface area contributed by atoms with Gasteiger partial charge in [0.2, 0.25) is 15.9 Å². The number of nitrogens with one attached hydrogen (secondary N) is 3. The van der Waals surface area contributed by atoms with E-state index in [4.69, 9.17) is 9.47 Å². The molecule has 3 rings (SSSR count). The molecule has 2 aromatic rings. The summed E-state index contributed by atoms with van der Waals surface area (Å²) >= 11 is 0. The smallest absolute Gasteiger partial charge is 0.331 e. The van der Waals surface area contributed by atoms with Crippen molar-refractivity contribution in [2.75, 3.05) is 19.0 Å². The van der Waals surface area contributed by atoms with E-state index in [1.807, 2.05) is 6.92 Å². The van der Waals surface area contributed by atoms with Gasteiger partial charge in [0.15, 0.2) is 0 Å². The van der Waals surface area contributed by atoms with Crippen molar-refractivity contribution >= 4 is 33.6 Å². The summed E-state index contributed by atoms with van der Waals surface area (Å²) in [6.45, 7) is 2.44. The lowest BCUT2D eigenvalue weighted by atomic mass is 10.1. The topological polar surface area (TPSA) is 140 Å². The monoisotopic (exact) mass is 503 g/mol. The van der Waals surface area contributed by atoms with E-state index in [2.05, 4.69) is 15.4 Å². The number of amides is 1. The number of rotatable bonds is 10. The zero-order valence-electron chi connectivity index (χ0n) is 19.6. The first-order chi connectivity index (χ1) is 16.7. The Balaban J connectivity index is 1.69. The third-order valence-electron chi connectivity index (χ3n) is 5.49. The van der Waals surface area contributed by atoms with Crippen molar-refractivity contribution in [1.82, 2.24) is 10.0 Å².